The molecule has 2 saturated heterocycles. The maximum absolute atomic E-state index is 14.1. The summed E-state index contributed by atoms with van der Waals surface area (Å²) < 4.78 is 14.1. The second-order valence-electron chi connectivity index (χ2n) is 5.77. The van der Waals surface area contributed by atoms with Crippen LogP contribution < -0.4 is 10.2 Å². The highest BCUT2D eigenvalue weighted by molar-refractivity contribution is 5.84. The van der Waals surface area contributed by atoms with E-state index in [1.54, 1.807) is 11.0 Å². The molecule has 4 nitrogen and oxygen atoms in total. The quantitative estimate of drug-likeness (QED) is 0.896. The van der Waals surface area contributed by atoms with Crippen LogP contribution in [0.5, 0.6) is 0 Å². The molecular formula is C15H20FN3O. The minimum Gasteiger partial charge on any atom is -0.375 e. The standard InChI is InChI=1S/C15H20FN3O/c1-18(2)12-7-6-10(9-11(12)16)14-17-15(20)13-5-3-4-8-19(13)14/h6-7,9,13-14H,3-5,8H2,1-2H3,(H,17,20). The van der Waals surface area contributed by atoms with E-state index in [-0.39, 0.29) is 23.9 Å². The summed E-state index contributed by atoms with van der Waals surface area (Å²) in [7, 11) is 3.63. The molecule has 1 amide bonds. The fraction of sp³-hybridized carbons (Fsp3) is 0.533. The number of halogens is 1. The molecule has 2 fully saturated rings. The third-order valence-electron chi connectivity index (χ3n) is 4.23. The molecule has 5 heteroatoms. The average molecular weight is 277 g/mol. The Morgan fingerprint density at radius 2 is 2.15 bits per heavy atom. The molecule has 0 aromatic heterocycles. The number of anilines is 1. The highest BCUT2D eigenvalue weighted by atomic mass is 19.1. The predicted octanol–water partition coefficient (Wildman–Crippen LogP) is 1.87. The first kappa shape index (κ1) is 13.4. The van der Waals surface area contributed by atoms with Gasteiger partial charge < -0.3 is 10.2 Å². The monoisotopic (exact) mass is 277 g/mol. The maximum Gasteiger partial charge on any atom is 0.238 e. The smallest absolute Gasteiger partial charge is 0.238 e. The highest BCUT2D eigenvalue weighted by Crippen LogP contribution is 2.33. The van der Waals surface area contributed by atoms with Gasteiger partial charge in [-0.2, -0.15) is 0 Å². The van der Waals surface area contributed by atoms with E-state index in [2.05, 4.69) is 10.2 Å². The molecule has 2 aliphatic heterocycles. The van der Waals surface area contributed by atoms with Gasteiger partial charge in [-0.1, -0.05) is 12.5 Å². The first-order valence-electron chi connectivity index (χ1n) is 7.11. The molecule has 0 spiro atoms. The SMILES string of the molecule is CN(C)c1ccc(C2NC(=O)C3CCCCN32)cc1F. The molecule has 2 aliphatic rings. The number of carbonyl (C=O) groups is 1. The van der Waals surface area contributed by atoms with E-state index in [1.165, 1.54) is 6.07 Å². The maximum atomic E-state index is 14.1. The second-order valence-corrected chi connectivity index (χ2v) is 5.77. The van der Waals surface area contributed by atoms with Crippen molar-refractivity contribution in [3.63, 3.8) is 0 Å². The Hall–Kier alpha value is -1.62. The molecule has 0 saturated carbocycles. The van der Waals surface area contributed by atoms with E-state index in [4.69, 9.17) is 0 Å². The molecule has 2 atom stereocenters. The minimum atomic E-state index is -0.248. The number of piperidine rings is 1. The van der Waals surface area contributed by atoms with E-state index in [1.807, 2.05) is 20.2 Å². The summed E-state index contributed by atoms with van der Waals surface area (Å²) in [5, 5.41) is 2.99. The lowest BCUT2D eigenvalue weighted by atomic mass is 10.0. The molecule has 1 aromatic rings. The predicted molar refractivity (Wildman–Crippen MR) is 76.0 cm³/mol. The van der Waals surface area contributed by atoms with Crippen LogP contribution in [0.1, 0.15) is 31.0 Å². The van der Waals surface area contributed by atoms with Gasteiger partial charge >= 0.3 is 0 Å². The van der Waals surface area contributed by atoms with Gasteiger partial charge in [0.25, 0.3) is 0 Å². The fourth-order valence-electron chi connectivity index (χ4n) is 3.19. The zero-order valence-corrected chi connectivity index (χ0v) is 11.9. The van der Waals surface area contributed by atoms with Crippen molar-refractivity contribution in [3.05, 3.63) is 29.6 Å². The Balaban J connectivity index is 1.89. The van der Waals surface area contributed by atoms with E-state index in [9.17, 15) is 9.18 Å². The van der Waals surface area contributed by atoms with Crippen molar-refractivity contribution in [3.8, 4) is 0 Å². The summed E-state index contributed by atoms with van der Waals surface area (Å²) in [6.07, 6.45) is 2.91. The number of fused-ring (bicyclic) bond motifs is 1. The Morgan fingerprint density at radius 1 is 1.35 bits per heavy atom. The lowest BCUT2D eigenvalue weighted by Crippen LogP contribution is -2.38. The number of benzene rings is 1. The Bertz CT molecular complexity index is 532. The summed E-state index contributed by atoms with van der Waals surface area (Å²) in [5.41, 5.74) is 1.39. The normalized spacial score (nSPS) is 26.2. The molecule has 0 radical (unpaired) electrons. The minimum absolute atomic E-state index is 0.0367. The number of hydrogen-bond acceptors (Lipinski definition) is 3. The van der Waals surface area contributed by atoms with E-state index in [0.29, 0.717) is 5.69 Å². The van der Waals surface area contributed by atoms with Gasteiger partial charge in [0.15, 0.2) is 0 Å². The van der Waals surface area contributed by atoms with Crippen LogP contribution >= 0.6 is 0 Å². The van der Waals surface area contributed by atoms with Crippen molar-refractivity contribution in [2.24, 2.45) is 0 Å². The molecule has 2 unspecified atom stereocenters. The number of carbonyl (C=O) groups excluding carboxylic acids is 1. The summed E-state index contributed by atoms with van der Waals surface area (Å²) in [6, 6.07) is 5.18. The average Bonchev–Trinajstić information content (AvgIpc) is 2.76. The van der Waals surface area contributed by atoms with Crippen LogP contribution in [0, 0.1) is 5.82 Å². The van der Waals surface area contributed by atoms with E-state index >= 15 is 0 Å². The summed E-state index contributed by atoms with van der Waals surface area (Å²) in [5.74, 6) is -0.172. The van der Waals surface area contributed by atoms with Crippen LogP contribution in [0.4, 0.5) is 10.1 Å². The number of nitrogens with one attached hydrogen (secondary N) is 1. The van der Waals surface area contributed by atoms with Gasteiger partial charge in [-0.15, -0.1) is 0 Å². The number of rotatable bonds is 2. The zero-order valence-electron chi connectivity index (χ0n) is 11.9. The van der Waals surface area contributed by atoms with Crippen molar-refractivity contribution >= 4 is 11.6 Å². The van der Waals surface area contributed by atoms with Gasteiger partial charge in [0.2, 0.25) is 5.91 Å². The molecule has 1 aromatic carbocycles. The molecule has 108 valence electrons. The molecule has 2 heterocycles. The van der Waals surface area contributed by atoms with Crippen molar-refractivity contribution < 1.29 is 9.18 Å². The largest absolute Gasteiger partial charge is 0.375 e. The number of amides is 1. The Kier molecular flexibility index (Phi) is 3.38. The van der Waals surface area contributed by atoms with Crippen LogP contribution in [0.15, 0.2) is 18.2 Å². The summed E-state index contributed by atoms with van der Waals surface area (Å²) in [6.45, 7) is 0.894. The fourth-order valence-corrected chi connectivity index (χ4v) is 3.19. The van der Waals surface area contributed by atoms with Crippen molar-refractivity contribution in [2.45, 2.75) is 31.5 Å². The topological polar surface area (TPSA) is 35.6 Å². The van der Waals surface area contributed by atoms with Crippen LogP contribution in [0.3, 0.4) is 0 Å². The summed E-state index contributed by atoms with van der Waals surface area (Å²) in [4.78, 5) is 15.9. The first-order valence-corrected chi connectivity index (χ1v) is 7.11. The van der Waals surface area contributed by atoms with Crippen molar-refractivity contribution in [1.29, 1.82) is 0 Å². The summed E-state index contributed by atoms with van der Waals surface area (Å²) >= 11 is 0. The molecule has 3 rings (SSSR count). The van der Waals surface area contributed by atoms with Gasteiger partial charge in [0.05, 0.1) is 11.7 Å². The molecular weight excluding hydrogens is 257 g/mol. The van der Waals surface area contributed by atoms with Gasteiger partial charge in [-0.3, -0.25) is 9.69 Å². The molecule has 1 N–H and O–H groups in total. The highest BCUT2D eigenvalue weighted by Gasteiger charge is 2.41. The number of hydrogen-bond donors (Lipinski definition) is 1. The second kappa shape index (κ2) is 5.05. The Labute approximate surface area is 118 Å². The third-order valence-corrected chi connectivity index (χ3v) is 4.23. The molecule has 20 heavy (non-hydrogen) atoms. The van der Waals surface area contributed by atoms with Gasteiger partial charge in [-0.25, -0.2) is 4.39 Å². The molecule has 0 bridgehead atoms. The third kappa shape index (κ3) is 2.16. The van der Waals surface area contributed by atoms with Crippen LogP contribution in [0.2, 0.25) is 0 Å². The Morgan fingerprint density at radius 3 is 2.85 bits per heavy atom. The lowest BCUT2D eigenvalue weighted by Gasteiger charge is -2.31. The first-order chi connectivity index (χ1) is 9.58. The van der Waals surface area contributed by atoms with Gasteiger partial charge in [0, 0.05) is 20.6 Å². The van der Waals surface area contributed by atoms with E-state index in [0.717, 1.165) is 31.4 Å². The van der Waals surface area contributed by atoms with E-state index < -0.39 is 0 Å². The van der Waals surface area contributed by atoms with Crippen LogP contribution in [0.25, 0.3) is 0 Å². The van der Waals surface area contributed by atoms with Crippen molar-refractivity contribution in [2.75, 3.05) is 25.5 Å². The molecule has 0 aliphatic carbocycles. The lowest BCUT2D eigenvalue weighted by molar-refractivity contribution is -0.122. The van der Waals surface area contributed by atoms with Gasteiger partial charge in [0.1, 0.15) is 12.0 Å². The number of nitrogens with zero attached hydrogens (tertiary/aromatic N) is 2. The van der Waals surface area contributed by atoms with Crippen LogP contribution in [-0.4, -0.2) is 37.5 Å². The zero-order chi connectivity index (χ0) is 14.3. The van der Waals surface area contributed by atoms with Crippen molar-refractivity contribution in [1.82, 2.24) is 10.2 Å². The van der Waals surface area contributed by atoms with Gasteiger partial charge in [-0.05, 0) is 30.5 Å². The van der Waals surface area contributed by atoms with Crippen LogP contribution in [-0.2, 0) is 4.79 Å².